The number of benzene rings is 1. The molecule has 0 saturated carbocycles. The third-order valence-electron chi connectivity index (χ3n) is 3.09. The van der Waals surface area contributed by atoms with Gasteiger partial charge in [-0.3, -0.25) is 4.79 Å². The normalized spacial score (nSPS) is 19.4. The fourth-order valence-electron chi connectivity index (χ4n) is 2.20. The second-order valence-electron chi connectivity index (χ2n) is 4.53. The summed E-state index contributed by atoms with van der Waals surface area (Å²) >= 11 is 1.95. The summed E-state index contributed by atoms with van der Waals surface area (Å²) in [6.07, 6.45) is 0. The molecule has 0 aliphatic carbocycles. The minimum absolute atomic E-state index is 0.0559. The number of thioether (sulfide) groups is 1. The molecule has 0 spiro atoms. The molecule has 1 aliphatic heterocycles. The summed E-state index contributed by atoms with van der Waals surface area (Å²) in [5.74, 6) is 1.12. The van der Waals surface area contributed by atoms with Crippen LogP contribution in [0.4, 0.5) is 5.69 Å². The van der Waals surface area contributed by atoms with E-state index in [-0.39, 0.29) is 5.78 Å². The fourth-order valence-corrected chi connectivity index (χ4v) is 3.21. The monoisotopic (exact) mass is 260 g/mol. The molecule has 1 saturated heterocycles. The molecule has 1 aliphatic rings. The van der Waals surface area contributed by atoms with Crippen molar-refractivity contribution in [3.63, 3.8) is 0 Å². The number of Topliss-reactive ketones (excluding diaryl/α,β-unsaturated/α-hetero) is 1. The largest absolute Gasteiger partial charge is 0.369 e. The van der Waals surface area contributed by atoms with E-state index in [0.29, 0.717) is 16.4 Å². The molecule has 3 nitrogen and oxygen atoms in total. The Kier molecular flexibility index (Phi) is 3.93. The highest BCUT2D eigenvalue weighted by Crippen LogP contribution is 2.28. The Morgan fingerprint density at radius 3 is 2.94 bits per heavy atom. The first kappa shape index (κ1) is 13.0. The number of rotatable bonds is 2. The lowest BCUT2D eigenvalue weighted by atomic mass is 10.0. The number of ketones is 1. The molecule has 94 valence electrons. The summed E-state index contributed by atoms with van der Waals surface area (Å²) in [6.45, 7) is 5.63. The van der Waals surface area contributed by atoms with Gasteiger partial charge >= 0.3 is 0 Å². The van der Waals surface area contributed by atoms with Gasteiger partial charge in [-0.1, -0.05) is 6.92 Å². The zero-order valence-electron chi connectivity index (χ0n) is 10.6. The molecule has 0 amide bonds. The Balaban J connectivity index is 2.40. The highest BCUT2D eigenvalue weighted by molar-refractivity contribution is 8.00. The number of nitriles is 1. The Morgan fingerprint density at radius 1 is 1.56 bits per heavy atom. The zero-order chi connectivity index (χ0) is 13.1. The summed E-state index contributed by atoms with van der Waals surface area (Å²) < 4.78 is 0. The molecule has 1 aromatic rings. The third-order valence-corrected chi connectivity index (χ3v) is 4.22. The second-order valence-corrected chi connectivity index (χ2v) is 6.07. The van der Waals surface area contributed by atoms with E-state index in [0.717, 1.165) is 24.5 Å². The average Bonchev–Trinajstić information content (AvgIpc) is 2.38. The molecule has 1 heterocycles. The first-order chi connectivity index (χ1) is 8.61. The van der Waals surface area contributed by atoms with E-state index in [1.54, 1.807) is 19.1 Å². The summed E-state index contributed by atoms with van der Waals surface area (Å²) in [4.78, 5) is 13.9. The molecule has 1 fully saturated rings. The first-order valence-corrected chi connectivity index (χ1v) is 7.08. The van der Waals surface area contributed by atoms with Gasteiger partial charge in [-0.25, -0.2) is 0 Å². The van der Waals surface area contributed by atoms with E-state index in [1.807, 2.05) is 17.8 Å². The van der Waals surface area contributed by atoms with Crippen LogP contribution in [0.2, 0.25) is 0 Å². The standard InChI is InChI=1S/C14H16N2OS/c1-10-9-16(5-6-18-10)14-7-12(8-15)3-4-13(14)11(2)17/h3-4,7,10H,5-6,9H2,1-2H3. The van der Waals surface area contributed by atoms with E-state index < -0.39 is 0 Å². The van der Waals surface area contributed by atoms with Crippen molar-refractivity contribution in [3.8, 4) is 6.07 Å². The minimum Gasteiger partial charge on any atom is -0.369 e. The second kappa shape index (κ2) is 5.45. The molecule has 0 aromatic heterocycles. The van der Waals surface area contributed by atoms with Crippen molar-refractivity contribution in [2.24, 2.45) is 0 Å². The Labute approximate surface area is 112 Å². The van der Waals surface area contributed by atoms with Gasteiger partial charge in [0.1, 0.15) is 0 Å². The molecule has 1 atom stereocenters. The van der Waals surface area contributed by atoms with Crippen molar-refractivity contribution < 1.29 is 4.79 Å². The molecular weight excluding hydrogens is 244 g/mol. The van der Waals surface area contributed by atoms with E-state index in [4.69, 9.17) is 5.26 Å². The molecule has 4 heteroatoms. The lowest BCUT2D eigenvalue weighted by Gasteiger charge is -2.33. The lowest BCUT2D eigenvalue weighted by molar-refractivity contribution is 0.101. The van der Waals surface area contributed by atoms with E-state index in [2.05, 4.69) is 17.9 Å². The Hall–Kier alpha value is -1.47. The molecule has 1 unspecified atom stereocenters. The van der Waals surface area contributed by atoms with Crippen LogP contribution in [0.5, 0.6) is 0 Å². The van der Waals surface area contributed by atoms with Crippen molar-refractivity contribution in [1.29, 1.82) is 5.26 Å². The molecule has 0 N–H and O–H groups in total. The minimum atomic E-state index is 0.0559. The van der Waals surface area contributed by atoms with Gasteiger partial charge in [0.15, 0.2) is 5.78 Å². The third kappa shape index (κ3) is 2.68. The van der Waals surface area contributed by atoms with Crippen molar-refractivity contribution >= 4 is 23.2 Å². The number of hydrogen-bond acceptors (Lipinski definition) is 4. The van der Waals surface area contributed by atoms with Crippen LogP contribution in [0, 0.1) is 11.3 Å². The molecule has 18 heavy (non-hydrogen) atoms. The summed E-state index contributed by atoms with van der Waals surface area (Å²) in [5, 5.41) is 9.54. The molecule has 0 radical (unpaired) electrons. The van der Waals surface area contributed by atoms with Crippen LogP contribution in [0.15, 0.2) is 18.2 Å². The SMILES string of the molecule is CC(=O)c1ccc(C#N)cc1N1CCSC(C)C1. The van der Waals surface area contributed by atoms with Crippen LogP contribution in [-0.2, 0) is 0 Å². The maximum absolute atomic E-state index is 11.7. The van der Waals surface area contributed by atoms with Crippen molar-refractivity contribution in [2.75, 3.05) is 23.7 Å². The van der Waals surface area contributed by atoms with Crippen LogP contribution in [-0.4, -0.2) is 29.9 Å². The van der Waals surface area contributed by atoms with Gasteiger partial charge in [-0.05, 0) is 25.1 Å². The zero-order valence-corrected chi connectivity index (χ0v) is 11.5. The highest BCUT2D eigenvalue weighted by atomic mass is 32.2. The molecule has 0 bridgehead atoms. The maximum Gasteiger partial charge on any atom is 0.161 e. The number of anilines is 1. The highest BCUT2D eigenvalue weighted by Gasteiger charge is 2.20. The number of carbonyl (C=O) groups is 1. The summed E-state index contributed by atoms with van der Waals surface area (Å²) in [5.41, 5.74) is 2.24. The van der Waals surface area contributed by atoms with Crippen LogP contribution in [0.1, 0.15) is 29.8 Å². The van der Waals surface area contributed by atoms with E-state index >= 15 is 0 Å². The fraction of sp³-hybridized carbons (Fsp3) is 0.429. The van der Waals surface area contributed by atoms with Gasteiger partial charge in [-0.15, -0.1) is 0 Å². The topological polar surface area (TPSA) is 44.1 Å². The quantitative estimate of drug-likeness (QED) is 0.767. The summed E-state index contributed by atoms with van der Waals surface area (Å²) in [6, 6.07) is 7.45. The van der Waals surface area contributed by atoms with Crippen LogP contribution >= 0.6 is 11.8 Å². The average molecular weight is 260 g/mol. The van der Waals surface area contributed by atoms with Crippen LogP contribution in [0.25, 0.3) is 0 Å². The predicted octanol–water partition coefficient (Wildman–Crippen LogP) is 2.70. The smallest absolute Gasteiger partial charge is 0.161 e. The van der Waals surface area contributed by atoms with Crippen LogP contribution < -0.4 is 4.90 Å². The maximum atomic E-state index is 11.7. The van der Waals surface area contributed by atoms with Gasteiger partial charge in [-0.2, -0.15) is 17.0 Å². The Bertz CT molecular complexity index is 507. The van der Waals surface area contributed by atoms with Crippen molar-refractivity contribution in [1.82, 2.24) is 0 Å². The Morgan fingerprint density at radius 2 is 2.33 bits per heavy atom. The number of hydrogen-bond donors (Lipinski definition) is 0. The van der Waals surface area contributed by atoms with Gasteiger partial charge < -0.3 is 4.90 Å². The molecule has 2 rings (SSSR count). The summed E-state index contributed by atoms with van der Waals surface area (Å²) in [7, 11) is 0. The van der Waals surface area contributed by atoms with E-state index in [9.17, 15) is 4.79 Å². The van der Waals surface area contributed by atoms with Crippen LogP contribution in [0.3, 0.4) is 0 Å². The first-order valence-electron chi connectivity index (χ1n) is 6.03. The molecular formula is C14H16N2OS. The van der Waals surface area contributed by atoms with E-state index in [1.165, 1.54) is 0 Å². The number of carbonyl (C=O) groups excluding carboxylic acids is 1. The van der Waals surface area contributed by atoms with Gasteiger partial charge in [0.2, 0.25) is 0 Å². The van der Waals surface area contributed by atoms with Gasteiger partial charge in [0.05, 0.1) is 11.6 Å². The number of nitrogens with zero attached hydrogens (tertiary/aromatic N) is 2. The van der Waals surface area contributed by atoms with Crippen molar-refractivity contribution in [3.05, 3.63) is 29.3 Å². The molecule has 1 aromatic carbocycles. The predicted molar refractivity (Wildman–Crippen MR) is 75.3 cm³/mol. The van der Waals surface area contributed by atoms with Gasteiger partial charge in [0.25, 0.3) is 0 Å². The van der Waals surface area contributed by atoms with Crippen molar-refractivity contribution in [2.45, 2.75) is 19.1 Å². The van der Waals surface area contributed by atoms with Gasteiger partial charge in [0, 0.05) is 35.3 Å². The lowest BCUT2D eigenvalue weighted by Crippen LogP contribution is -2.37.